The first-order valence-electron chi connectivity index (χ1n) is 10.8. The van der Waals surface area contributed by atoms with Gasteiger partial charge < -0.3 is 15.6 Å². The number of H-pyrrole nitrogens is 1. The van der Waals surface area contributed by atoms with Crippen LogP contribution in [-0.2, 0) is 6.54 Å². The van der Waals surface area contributed by atoms with Crippen molar-refractivity contribution in [3.05, 3.63) is 71.9 Å². The third-order valence-corrected chi connectivity index (χ3v) is 6.05. The van der Waals surface area contributed by atoms with Crippen molar-refractivity contribution < 1.29 is 0 Å². The maximum atomic E-state index is 9.79. The van der Waals surface area contributed by atoms with E-state index in [4.69, 9.17) is 0 Å². The molecule has 0 unspecified atom stereocenters. The van der Waals surface area contributed by atoms with Crippen LogP contribution in [0.3, 0.4) is 0 Å². The molecule has 0 spiro atoms. The number of rotatable bonds is 5. The number of hydrogen-bond acceptors (Lipinski definition) is 6. The molecule has 0 radical (unpaired) electrons. The molecule has 7 nitrogen and oxygen atoms in total. The van der Waals surface area contributed by atoms with Gasteiger partial charge in [-0.1, -0.05) is 0 Å². The second kappa shape index (κ2) is 8.79. The number of aromatic amines is 1. The Labute approximate surface area is 187 Å². The Hall–Kier alpha value is -3.73. The molecule has 1 saturated heterocycles. The summed E-state index contributed by atoms with van der Waals surface area (Å²) < 4.78 is 0. The van der Waals surface area contributed by atoms with Gasteiger partial charge in [0, 0.05) is 79.7 Å². The highest BCUT2D eigenvalue weighted by Gasteiger charge is 2.16. The van der Waals surface area contributed by atoms with Crippen LogP contribution in [0.25, 0.3) is 22.0 Å². The van der Waals surface area contributed by atoms with Crippen molar-refractivity contribution in [1.82, 2.24) is 25.2 Å². The van der Waals surface area contributed by atoms with Crippen molar-refractivity contribution in [2.45, 2.75) is 13.5 Å². The van der Waals surface area contributed by atoms with E-state index in [0.717, 1.165) is 77.4 Å². The number of hydrogen-bond donors (Lipinski definition) is 3. The maximum Gasteiger partial charge on any atom is 0.103 e. The SMILES string of the molecule is Cc1c(Nc2c(C#N)cncc2-c2ccnc(CN3CCNCC3)c2)ccc2[nH]ccc12. The molecule has 4 aromatic rings. The predicted molar refractivity (Wildman–Crippen MR) is 127 cm³/mol. The first kappa shape index (κ1) is 20.2. The smallest absolute Gasteiger partial charge is 0.103 e. The van der Waals surface area contributed by atoms with Crippen LogP contribution in [0, 0.1) is 18.3 Å². The quantitative estimate of drug-likeness (QED) is 0.450. The predicted octanol–water partition coefficient (Wildman–Crippen LogP) is 3.95. The minimum Gasteiger partial charge on any atom is -0.361 e. The van der Waals surface area contributed by atoms with Crippen molar-refractivity contribution in [3.63, 3.8) is 0 Å². The Bertz CT molecular complexity index is 1300. The molecule has 0 amide bonds. The summed E-state index contributed by atoms with van der Waals surface area (Å²) in [6, 6.07) is 12.5. The standard InChI is InChI=1S/C25H25N7/c1-17-21-5-7-30-24(21)3-2-23(17)31-25-19(13-26)14-28-15-22(25)18-4-6-29-20(12-18)16-32-10-8-27-9-11-32/h2-7,12,14-15,27,30H,8-11,16H2,1H3,(H,28,31). The fourth-order valence-electron chi connectivity index (χ4n) is 4.28. The first-order chi connectivity index (χ1) is 15.7. The number of nitriles is 1. The van der Waals surface area contributed by atoms with Crippen LogP contribution in [-0.4, -0.2) is 46.0 Å². The number of anilines is 2. The molecule has 3 aromatic heterocycles. The van der Waals surface area contributed by atoms with E-state index in [9.17, 15) is 5.26 Å². The molecular formula is C25H25N7. The highest BCUT2D eigenvalue weighted by Crippen LogP contribution is 2.35. The average Bonchev–Trinajstić information content (AvgIpc) is 3.31. The fourth-order valence-corrected chi connectivity index (χ4v) is 4.28. The number of aryl methyl sites for hydroxylation is 1. The first-order valence-corrected chi connectivity index (χ1v) is 10.8. The molecule has 1 fully saturated rings. The Morgan fingerprint density at radius 1 is 1.16 bits per heavy atom. The number of fused-ring (bicyclic) bond motifs is 1. The number of benzene rings is 1. The topological polar surface area (TPSA) is 92.7 Å². The number of nitrogens with one attached hydrogen (secondary N) is 3. The van der Waals surface area contributed by atoms with E-state index in [1.807, 2.05) is 30.7 Å². The van der Waals surface area contributed by atoms with Gasteiger partial charge in [-0.25, -0.2) is 0 Å². The summed E-state index contributed by atoms with van der Waals surface area (Å²) in [7, 11) is 0. The normalized spacial score (nSPS) is 14.4. The van der Waals surface area contributed by atoms with Gasteiger partial charge in [-0.15, -0.1) is 0 Å². The highest BCUT2D eigenvalue weighted by molar-refractivity contribution is 5.91. The van der Waals surface area contributed by atoms with Crippen LogP contribution in [0.5, 0.6) is 0 Å². The molecular weight excluding hydrogens is 398 g/mol. The molecule has 0 aliphatic carbocycles. The molecule has 4 heterocycles. The number of nitrogens with zero attached hydrogens (tertiary/aromatic N) is 4. The van der Waals surface area contributed by atoms with Crippen LogP contribution < -0.4 is 10.6 Å². The van der Waals surface area contributed by atoms with Gasteiger partial charge >= 0.3 is 0 Å². The van der Waals surface area contributed by atoms with Crippen LogP contribution in [0.4, 0.5) is 11.4 Å². The van der Waals surface area contributed by atoms with E-state index in [0.29, 0.717) is 5.56 Å². The minimum absolute atomic E-state index is 0.511. The van der Waals surface area contributed by atoms with Crippen LogP contribution in [0.15, 0.2) is 55.1 Å². The lowest BCUT2D eigenvalue weighted by Crippen LogP contribution is -2.43. The van der Waals surface area contributed by atoms with Crippen molar-refractivity contribution >= 4 is 22.3 Å². The summed E-state index contributed by atoms with van der Waals surface area (Å²) in [5, 5.41) is 17.9. The summed E-state index contributed by atoms with van der Waals surface area (Å²) in [6.45, 7) is 6.95. The average molecular weight is 424 g/mol. The molecule has 160 valence electrons. The van der Waals surface area contributed by atoms with Gasteiger partial charge in [-0.3, -0.25) is 14.9 Å². The summed E-state index contributed by atoms with van der Waals surface area (Å²) in [4.78, 5) is 14.6. The summed E-state index contributed by atoms with van der Waals surface area (Å²) in [5.74, 6) is 0. The number of aromatic nitrogens is 3. The van der Waals surface area contributed by atoms with Gasteiger partial charge in [0.2, 0.25) is 0 Å². The Morgan fingerprint density at radius 3 is 2.88 bits per heavy atom. The zero-order valence-electron chi connectivity index (χ0n) is 18.0. The van der Waals surface area contributed by atoms with Crippen molar-refractivity contribution in [2.24, 2.45) is 0 Å². The van der Waals surface area contributed by atoms with Crippen molar-refractivity contribution in [2.75, 3.05) is 31.5 Å². The van der Waals surface area contributed by atoms with Gasteiger partial charge in [0.05, 0.1) is 16.9 Å². The highest BCUT2D eigenvalue weighted by atomic mass is 15.2. The third-order valence-electron chi connectivity index (χ3n) is 6.05. The third kappa shape index (κ3) is 3.94. The van der Waals surface area contributed by atoms with Gasteiger partial charge in [0.15, 0.2) is 0 Å². The summed E-state index contributed by atoms with van der Waals surface area (Å²) >= 11 is 0. The van der Waals surface area contributed by atoms with Crippen LogP contribution >= 0.6 is 0 Å². The van der Waals surface area contributed by atoms with Gasteiger partial charge in [-0.2, -0.15) is 5.26 Å². The van der Waals surface area contributed by atoms with E-state index >= 15 is 0 Å². The molecule has 0 saturated carbocycles. The Morgan fingerprint density at radius 2 is 2.03 bits per heavy atom. The molecule has 5 rings (SSSR count). The second-order valence-corrected chi connectivity index (χ2v) is 8.09. The molecule has 1 aromatic carbocycles. The molecule has 32 heavy (non-hydrogen) atoms. The lowest BCUT2D eigenvalue weighted by atomic mass is 10.0. The second-order valence-electron chi connectivity index (χ2n) is 8.09. The molecule has 1 aliphatic rings. The van der Waals surface area contributed by atoms with Crippen LogP contribution in [0.2, 0.25) is 0 Å². The maximum absolute atomic E-state index is 9.79. The van der Waals surface area contributed by atoms with E-state index in [2.05, 4.69) is 61.7 Å². The molecule has 7 heteroatoms. The van der Waals surface area contributed by atoms with E-state index < -0.39 is 0 Å². The van der Waals surface area contributed by atoms with Gasteiger partial charge in [0.1, 0.15) is 6.07 Å². The zero-order valence-corrected chi connectivity index (χ0v) is 18.0. The van der Waals surface area contributed by atoms with E-state index in [-0.39, 0.29) is 0 Å². The number of pyridine rings is 2. The molecule has 0 atom stereocenters. The largest absolute Gasteiger partial charge is 0.361 e. The molecule has 1 aliphatic heterocycles. The van der Waals surface area contributed by atoms with Gasteiger partial charge in [0.25, 0.3) is 0 Å². The summed E-state index contributed by atoms with van der Waals surface area (Å²) in [6.07, 6.45) is 7.21. The van der Waals surface area contributed by atoms with E-state index in [1.54, 1.807) is 6.20 Å². The van der Waals surface area contributed by atoms with E-state index in [1.165, 1.54) is 0 Å². The monoisotopic (exact) mass is 423 g/mol. The Balaban J connectivity index is 1.52. The van der Waals surface area contributed by atoms with Crippen molar-refractivity contribution in [1.29, 1.82) is 5.26 Å². The Kier molecular flexibility index (Phi) is 5.55. The van der Waals surface area contributed by atoms with Gasteiger partial charge in [-0.05, 0) is 48.4 Å². The minimum atomic E-state index is 0.511. The molecule has 3 N–H and O–H groups in total. The summed E-state index contributed by atoms with van der Waals surface area (Å²) in [5.41, 5.74) is 7.37. The number of piperazine rings is 1. The fraction of sp³-hybridized carbons (Fsp3) is 0.240. The van der Waals surface area contributed by atoms with Crippen LogP contribution in [0.1, 0.15) is 16.8 Å². The lowest BCUT2D eigenvalue weighted by Gasteiger charge is -2.26. The zero-order chi connectivity index (χ0) is 21.9. The van der Waals surface area contributed by atoms with Crippen molar-refractivity contribution in [3.8, 4) is 17.2 Å². The lowest BCUT2D eigenvalue weighted by molar-refractivity contribution is 0.231. The molecule has 0 bridgehead atoms.